The SMILES string of the molecule is Cn1c(=O)c2c(-c3ccccc3)n(-c3cccc4cccnc34)cc2n(C)c1=O. The minimum Gasteiger partial charge on any atom is -0.311 e. The molecule has 6 nitrogen and oxygen atoms in total. The van der Waals surface area contributed by atoms with Gasteiger partial charge in [-0.3, -0.25) is 18.9 Å². The highest BCUT2D eigenvalue weighted by Crippen LogP contribution is 2.32. The fourth-order valence-corrected chi connectivity index (χ4v) is 3.89. The molecule has 5 rings (SSSR count). The molecule has 2 aromatic carbocycles. The van der Waals surface area contributed by atoms with E-state index in [9.17, 15) is 9.59 Å². The van der Waals surface area contributed by atoms with Crippen LogP contribution in [0.2, 0.25) is 0 Å². The lowest BCUT2D eigenvalue weighted by atomic mass is 10.1. The fourth-order valence-electron chi connectivity index (χ4n) is 3.89. The van der Waals surface area contributed by atoms with Gasteiger partial charge < -0.3 is 4.57 Å². The molecule has 3 aromatic heterocycles. The number of aromatic nitrogens is 4. The van der Waals surface area contributed by atoms with Crippen molar-refractivity contribution in [3.05, 3.63) is 93.9 Å². The number of fused-ring (bicyclic) bond motifs is 2. The van der Waals surface area contributed by atoms with Gasteiger partial charge in [0, 0.05) is 31.9 Å². The molecule has 0 aliphatic rings. The third-order valence-electron chi connectivity index (χ3n) is 5.36. The number of benzene rings is 2. The number of pyridine rings is 1. The van der Waals surface area contributed by atoms with Crippen LogP contribution in [-0.4, -0.2) is 18.7 Å². The first-order chi connectivity index (χ1) is 14.1. The lowest BCUT2D eigenvalue weighted by Gasteiger charge is -2.12. The molecule has 0 unspecified atom stereocenters. The predicted molar refractivity (Wildman–Crippen MR) is 114 cm³/mol. The van der Waals surface area contributed by atoms with E-state index in [-0.39, 0.29) is 11.2 Å². The van der Waals surface area contributed by atoms with Gasteiger partial charge in [-0.05, 0) is 17.7 Å². The Labute approximate surface area is 165 Å². The second-order valence-corrected chi connectivity index (χ2v) is 7.03. The van der Waals surface area contributed by atoms with E-state index in [0.29, 0.717) is 10.9 Å². The summed E-state index contributed by atoms with van der Waals surface area (Å²) >= 11 is 0. The van der Waals surface area contributed by atoms with Gasteiger partial charge in [0.25, 0.3) is 5.56 Å². The maximum absolute atomic E-state index is 13.1. The number of aryl methyl sites for hydroxylation is 1. The second-order valence-electron chi connectivity index (χ2n) is 7.03. The van der Waals surface area contributed by atoms with E-state index in [1.54, 1.807) is 13.2 Å². The molecule has 0 aliphatic heterocycles. The standard InChI is InChI=1S/C23H18N4O2/c1-25-18-14-27(17-12-6-10-15-11-7-13-24-20(15)17)21(16-8-4-3-5-9-16)19(18)22(28)26(2)23(25)29/h3-14H,1-2H3. The van der Waals surface area contributed by atoms with Crippen LogP contribution in [0.25, 0.3) is 38.8 Å². The predicted octanol–water partition coefficient (Wildman–Crippen LogP) is 3.24. The van der Waals surface area contributed by atoms with Crippen LogP contribution in [0.5, 0.6) is 0 Å². The van der Waals surface area contributed by atoms with Gasteiger partial charge in [0.05, 0.1) is 27.8 Å². The van der Waals surface area contributed by atoms with Gasteiger partial charge >= 0.3 is 5.69 Å². The summed E-state index contributed by atoms with van der Waals surface area (Å²) in [7, 11) is 3.19. The molecular formula is C23H18N4O2. The Morgan fingerprint density at radius 2 is 1.59 bits per heavy atom. The Balaban J connectivity index is 2.02. The van der Waals surface area contributed by atoms with Crippen LogP contribution in [-0.2, 0) is 14.1 Å². The molecule has 0 bridgehead atoms. The molecule has 0 N–H and O–H groups in total. The Hall–Kier alpha value is -3.93. The average molecular weight is 382 g/mol. The van der Waals surface area contributed by atoms with E-state index in [4.69, 9.17) is 0 Å². The van der Waals surface area contributed by atoms with Crippen molar-refractivity contribution in [2.24, 2.45) is 14.1 Å². The quantitative estimate of drug-likeness (QED) is 0.471. The third-order valence-corrected chi connectivity index (χ3v) is 5.36. The molecule has 142 valence electrons. The van der Waals surface area contributed by atoms with Crippen molar-refractivity contribution in [3.8, 4) is 16.9 Å². The zero-order valence-corrected chi connectivity index (χ0v) is 16.0. The number of rotatable bonds is 2. The topological polar surface area (TPSA) is 61.8 Å². The average Bonchev–Trinajstić information content (AvgIpc) is 3.17. The molecule has 0 aliphatic carbocycles. The van der Waals surface area contributed by atoms with Crippen molar-refractivity contribution < 1.29 is 0 Å². The summed E-state index contributed by atoms with van der Waals surface area (Å²) in [5.74, 6) is 0. The van der Waals surface area contributed by atoms with Gasteiger partial charge in [-0.1, -0.05) is 48.5 Å². The third kappa shape index (κ3) is 2.46. The van der Waals surface area contributed by atoms with Gasteiger partial charge in [0.1, 0.15) is 0 Å². The van der Waals surface area contributed by atoms with Gasteiger partial charge in [-0.25, -0.2) is 4.79 Å². The Morgan fingerprint density at radius 1 is 0.828 bits per heavy atom. The van der Waals surface area contributed by atoms with Crippen LogP contribution < -0.4 is 11.2 Å². The highest BCUT2D eigenvalue weighted by molar-refractivity contribution is 5.97. The zero-order chi connectivity index (χ0) is 20.1. The van der Waals surface area contributed by atoms with Crippen molar-refractivity contribution in [1.82, 2.24) is 18.7 Å². The van der Waals surface area contributed by atoms with Gasteiger partial charge in [-0.2, -0.15) is 0 Å². The van der Waals surface area contributed by atoms with E-state index in [0.717, 1.165) is 32.4 Å². The molecule has 0 fully saturated rings. The Kier molecular flexibility index (Phi) is 3.74. The van der Waals surface area contributed by atoms with Crippen molar-refractivity contribution in [1.29, 1.82) is 0 Å². The maximum Gasteiger partial charge on any atom is 0.330 e. The van der Waals surface area contributed by atoms with Crippen molar-refractivity contribution >= 4 is 21.8 Å². The molecule has 29 heavy (non-hydrogen) atoms. The van der Waals surface area contributed by atoms with Crippen molar-refractivity contribution in [2.75, 3.05) is 0 Å². The lowest BCUT2D eigenvalue weighted by molar-refractivity contribution is 0.714. The number of hydrogen-bond donors (Lipinski definition) is 0. The summed E-state index contributed by atoms with van der Waals surface area (Å²) in [5, 5.41) is 1.51. The van der Waals surface area contributed by atoms with E-state index in [1.807, 2.05) is 71.4 Å². The molecule has 5 aromatic rings. The number of hydrogen-bond acceptors (Lipinski definition) is 3. The zero-order valence-electron chi connectivity index (χ0n) is 16.0. The molecule has 0 atom stereocenters. The van der Waals surface area contributed by atoms with Crippen LogP contribution in [0.15, 0.2) is 82.6 Å². The van der Waals surface area contributed by atoms with Gasteiger partial charge in [-0.15, -0.1) is 0 Å². The molecule has 6 heteroatoms. The minimum absolute atomic E-state index is 0.311. The van der Waals surface area contributed by atoms with Crippen LogP contribution in [0, 0.1) is 0 Å². The summed E-state index contributed by atoms with van der Waals surface area (Å²) < 4.78 is 4.63. The largest absolute Gasteiger partial charge is 0.330 e. The highest BCUT2D eigenvalue weighted by Gasteiger charge is 2.21. The van der Waals surface area contributed by atoms with Crippen LogP contribution >= 0.6 is 0 Å². The van der Waals surface area contributed by atoms with Gasteiger partial charge in [0.2, 0.25) is 0 Å². The number of para-hydroxylation sites is 1. The molecule has 3 heterocycles. The first kappa shape index (κ1) is 17.2. The molecule has 0 saturated heterocycles. The van der Waals surface area contributed by atoms with E-state index in [1.165, 1.54) is 11.6 Å². The van der Waals surface area contributed by atoms with Crippen molar-refractivity contribution in [2.45, 2.75) is 0 Å². The maximum atomic E-state index is 13.1. The summed E-state index contributed by atoms with van der Waals surface area (Å²) in [6, 6.07) is 19.6. The van der Waals surface area contributed by atoms with Crippen LogP contribution in [0.1, 0.15) is 0 Å². The van der Waals surface area contributed by atoms with Crippen LogP contribution in [0.3, 0.4) is 0 Å². The molecular weight excluding hydrogens is 364 g/mol. The summed E-state index contributed by atoms with van der Waals surface area (Å²) in [6.07, 6.45) is 3.61. The van der Waals surface area contributed by atoms with Crippen LogP contribution in [0.4, 0.5) is 0 Å². The van der Waals surface area contributed by atoms with E-state index < -0.39 is 0 Å². The summed E-state index contributed by atoms with van der Waals surface area (Å²) in [6.45, 7) is 0. The Morgan fingerprint density at radius 3 is 2.38 bits per heavy atom. The smallest absolute Gasteiger partial charge is 0.311 e. The van der Waals surface area contributed by atoms with E-state index in [2.05, 4.69) is 4.98 Å². The molecule has 0 spiro atoms. The molecule has 0 saturated carbocycles. The first-order valence-corrected chi connectivity index (χ1v) is 9.28. The normalized spacial score (nSPS) is 11.4. The highest BCUT2D eigenvalue weighted by atomic mass is 16.2. The Bertz CT molecular complexity index is 1500. The van der Waals surface area contributed by atoms with Crippen molar-refractivity contribution in [3.63, 3.8) is 0 Å². The molecule has 0 amide bonds. The number of nitrogens with zero attached hydrogens (tertiary/aromatic N) is 4. The minimum atomic E-state index is -0.352. The van der Waals surface area contributed by atoms with E-state index >= 15 is 0 Å². The fraction of sp³-hybridized carbons (Fsp3) is 0.0870. The summed E-state index contributed by atoms with van der Waals surface area (Å²) in [4.78, 5) is 30.2. The first-order valence-electron chi connectivity index (χ1n) is 9.28. The molecule has 0 radical (unpaired) electrons. The van der Waals surface area contributed by atoms with Gasteiger partial charge in [0.15, 0.2) is 0 Å². The second kappa shape index (κ2) is 6.31. The summed E-state index contributed by atoms with van der Waals surface area (Å²) in [5.41, 5.74) is 3.25. The monoisotopic (exact) mass is 382 g/mol. The lowest BCUT2D eigenvalue weighted by Crippen LogP contribution is -2.36.